The van der Waals surface area contributed by atoms with E-state index in [-0.39, 0.29) is 0 Å². The third kappa shape index (κ3) is 4.95. The Morgan fingerprint density at radius 2 is 2.09 bits per heavy atom. The molecular weight excluding hydrogens is 311 g/mol. The zero-order chi connectivity index (χ0) is 17.0. The van der Waals surface area contributed by atoms with E-state index in [1.165, 1.54) is 0 Å². The van der Waals surface area contributed by atoms with E-state index in [0.717, 1.165) is 12.0 Å². The molecule has 3 N–H and O–H groups in total. The minimum absolute atomic E-state index is 0.361. The number of nitrogens with one attached hydrogen (secondary N) is 1. The summed E-state index contributed by atoms with van der Waals surface area (Å²) in [7, 11) is 0. The number of benzene rings is 1. The SMILES string of the molecule is NC(=O)c1cccc(CN2CCC[C@H]2C(=O)NCC(F)(F)F)c1. The van der Waals surface area contributed by atoms with Gasteiger partial charge in [-0.1, -0.05) is 12.1 Å². The number of nitrogens with two attached hydrogens (primary N) is 1. The molecule has 1 aliphatic rings. The summed E-state index contributed by atoms with van der Waals surface area (Å²) in [6.45, 7) is -0.330. The van der Waals surface area contributed by atoms with E-state index in [1.807, 2.05) is 10.2 Å². The molecule has 2 rings (SSSR count). The number of amides is 2. The molecule has 0 spiro atoms. The standard InChI is InChI=1S/C15H18F3N3O2/c16-15(17,18)9-20-14(23)12-5-2-6-21(12)8-10-3-1-4-11(7-10)13(19)22/h1,3-4,7,12H,2,5-6,8-9H2,(H2,19,22)(H,20,23)/t12-/m0/s1. The summed E-state index contributed by atoms with van der Waals surface area (Å²) in [5.74, 6) is -1.17. The average Bonchev–Trinajstić information content (AvgIpc) is 2.92. The molecule has 0 radical (unpaired) electrons. The summed E-state index contributed by atoms with van der Waals surface area (Å²) >= 11 is 0. The maximum Gasteiger partial charge on any atom is 0.405 e. The fourth-order valence-corrected chi connectivity index (χ4v) is 2.67. The summed E-state index contributed by atoms with van der Waals surface area (Å²) < 4.78 is 36.6. The van der Waals surface area contributed by atoms with Gasteiger partial charge in [0.25, 0.3) is 0 Å². The van der Waals surface area contributed by atoms with Crippen LogP contribution in [0.1, 0.15) is 28.8 Å². The van der Waals surface area contributed by atoms with Gasteiger partial charge in [-0.15, -0.1) is 0 Å². The summed E-state index contributed by atoms with van der Waals surface area (Å²) in [6.07, 6.45) is -3.17. The number of nitrogens with zero attached hydrogens (tertiary/aromatic N) is 1. The van der Waals surface area contributed by atoms with Crippen molar-refractivity contribution in [1.29, 1.82) is 0 Å². The summed E-state index contributed by atoms with van der Waals surface area (Å²) in [4.78, 5) is 24.9. The Balaban J connectivity index is 2.00. The maximum atomic E-state index is 12.2. The normalized spacial score (nSPS) is 18.8. The Morgan fingerprint density at radius 3 is 2.74 bits per heavy atom. The van der Waals surface area contributed by atoms with Gasteiger partial charge in [-0.25, -0.2) is 0 Å². The highest BCUT2D eigenvalue weighted by Crippen LogP contribution is 2.21. The molecule has 1 fully saturated rings. The molecule has 0 aliphatic carbocycles. The first-order valence-corrected chi connectivity index (χ1v) is 7.23. The van der Waals surface area contributed by atoms with Crippen LogP contribution in [0.25, 0.3) is 0 Å². The highest BCUT2D eigenvalue weighted by atomic mass is 19.4. The third-order valence-corrected chi connectivity index (χ3v) is 3.73. The van der Waals surface area contributed by atoms with E-state index in [2.05, 4.69) is 0 Å². The lowest BCUT2D eigenvalue weighted by Gasteiger charge is -2.24. The number of hydrogen-bond acceptors (Lipinski definition) is 3. The van der Waals surface area contributed by atoms with Gasteiger partial charge >= 0.3 is 6.18 Å². The first kappa shape index (κ1) is 17.3. The molecule has 0 saturated carbocycles. The van der Waals surface area contributed by atoms with Gasteiger partial charge in [0.05, 0.1) is 6.04 Å². The number of primary amides is 1. The Kier molecular flexibility index (Phi) is 5.25. The van der Waals surface area contributed by atoms with Crippen LogP contribution in [0, 0.1) is 0 Å². The van der Waals surface area contributed by atoms with E-state index in [0.29, 0.717) is 25.1 Å². The summed E-state index contributed by atoms with van der Waals surface area (Å²) in [6, 6.07) is 6.10. The molecule has 1 atom stereocenters. The van der Waals surface area contributed by atoms with Crippen molar-refractivity contribution in [3.63, 3.8) is 0 Å². The number of carbonyl (C=O) groups excluding carboxylic acids is 2. The lowest BCUT2D eigenvalue weighted by molar-refractivity contribution is -0.141. The van der Waals surface area contributed by atoms with Crippen LogP contribution in [0.3, 0.4) is 0 Å². The van der Waals surface area contributed by atoms with Gasteiger partial charge in [0.15, 0.2) is 0 Å². The molecule has 5 nitrogen and oxygen atoms in total. The zero-order valence-electron chi connectivity index (χ0n) is 12.4. The molecule has 1 aliphatic heterocycles. The van der Waals surface area contributed by atoms with Gasteiger partial charge in [-0.05, 0) is 37.1 Å². The number of rotatable bonds is 5. The topological polar surface area (TPSA) is 75.4 Å². The lowest BCUT2D eigenvalue weighted by atomic mass is 10.1. The van der Waals surface area contributed by atoms with Crippen LogP contribution in [0.15, 0.2) is 24.3 Å². The van der Waals surface area contributed by atoms with Crippen molar-refractivity contribution < 1.29 is 22.8 Å². The minimum Gasteiger partial charge on any atom is -0.366 e. The fraction of sp³-hybridized carbons (Fsp3) is 0.467. The Hall–Kier alpha value is -2.09. The van der Waals surface area contributed by atoms with E-state index in [4.69, 9.17) is 5.73 Å². The van der Waals surface area contributed by atoms with Crippen LogP contribution in [0.5, 0.6) is 0 Å². The van der Waals surface area contributed by atoms with Crippen molar-refractivity contribution in [2.24, 2.45) is 5.73 Å². The first-order chi connectivity index (χ1) is 10.8. The Bertz CT molecular complexity index is 590. The maximum absolute atomic E-state index is 12.2. The summed E-state index contributed by atoms with van der Waals surface area (Å²) in [5, 5.41) is 1.93. The monoisotopic (exact) mass is 329 g/mol. The molecule has 126 valence electrons. The third-order valence-electron chi connectivity index (χ3n) is 3.73. The number of likely N-dealkylation sites (tertiary alicyclic amines) is 1. The average molecular weight is 329 g/mol. The van der Waals surface area contributed by atoms with Gasteiger partial charge in [0.2, 0.25) is 11.8 Å². The van der Waals surface area contributed by atoms with Crippen molar-refractivity contribution in [3.05, 3.63) is 35.4 Å². The first-order valence-electron chi connectivity index (χ1n) is 7.23. The number of halogens is 3. The molecular formula is C15H18F3N3O2. The summed E-state index contributed by atoms with van der Waals surface area (Å²) in [5.41, 5.74) is 6.37. The van der Waals surface area contributed by atoms with Crippen LogP contribution in [0.2, 0.25) is 0 Å². The Morgan fingerprint density at radius 1 is 1.35 bits per heavy atom. The molecule has 2 amide bonds. The fourth-order valence-electron chi connectivity index (χ4n) is 2.67. The van der Waals surface area contributed by atoms with E-state index in [9.17, 15) is 22.8 Å². The van der Waals surface area contributed by atoms with E-state index >= 15 is 0 Å². The molecule has 0 aromatic heterocycles. The number of alkyl halides is 3. The van der Waals surface area contributed by atoms with Gasteiger partial charge in [0, 0.05) is 12.1 Å². The van der Waals surface area contributed by atoms with Gasteiger partial charge < -0.3 is 11.1 Å². The highest BCUT2D eigenvalue weighted by molar-refractivity contribution is 5.92. The zero-order valence-corrected chi connectivity index (χ0v) is 12.4. The quantitative estimate of drug-likeness (QED) is 0.858. The van der Waals surface area contributed by atoms with Crippen molar-refractivity contribution in [3.8, 4) is 0 Å². The molecule has 0 unspecified atom stereocenters. The van der Waals surface area contributed by atoms with Crippen LogP contribution in [-0.2, 0) is 11.3 Å². The van der Waals surface area contributed by atoms with Crippen molar-refractivity contribution in [2.45, 2.75) is 31.6 Å². The Labute approximate surface area is 131 Å². The second-order valence-corrected chi connectivity index (χ2v) is 5.53. The predicted octanol–water partition coefficient (Wildman–Crippen LogP) is 1.43. The van der Waals surface area contributed by atoms with Gasteiger partial charge in [0.1, 0.15) is 6.54 Å². The van der Waals surface area contributed by atoms with Crippen LogP contribution in [-0.4, -0.2) is 42.0 Å². The van der Waals surface area contributed by atoms with Crippen LogP contribution >= 0.6 is 0 Å². The van der Waals surface area contributed by atoms with Crippen molar-refractivity contribution >= 4 is 11.8 Å². The van der Waals surface area contributed by atoms with Crippen LogP contribution < -0.4 is 11.1 Å². The molecule has 1 aromatic carbocycles. The lowest BCUT2D eigenvalue weighted by Crippen LogP contribution is -2.45. The van der Waals surface area contributed by atoms with E-state index < -0.39 is 30.6 Å². The molecule has 0 bridgehead atoms. The minimum atomic E-state index is -4.42. The number of hydrogen-bond donors (Lipinski definition) is 2. The molecule has 1 aromatic rings. The molecule has 8 heteroatoms. The van der Waals surface area contributed by atoms with Crippen molar-refractivity contribution in [1.82, 2.24) is 10.2 Å². The largest absolute Gasteiger partial charge is 0.405 e. The molecule has 1 saturated heterocycles. The van der Waals surface area contributed by atoms with Crippen molar-refractivity contribution in [2.75, 3.05) is 13.1 Å². The van der Waals surface area contributed by atoms with Crippen LogP contribution in [0.4, 0.5) is 13.2 Å². The van der Waals surface area contributed by atoms with Gasteiger partial charge in [-0.3, -0.25) is 14.5 Å². The van der Waals surface area contributed by atoms with Gasteiger partial charge in [-0.2, -0.15) is 13.2 Å². The molecule has 23 heavy (non-hydrogen) atoms. The highest BCUT2D eigenvalue weighted by Gasteiger charge is 2.34. The number of carbonyl (C=O) groups is 2. The van der Waals surface area contributed by atoms with E-state index in [1.54, 1.807) is 24.3 Å². The predicted molar refractivity (Wildman–Crippen MR) is 77.5 cm³/mol. The molecule has 1 heterocycles. The second-order valence-electron chi connectivity index (χ2n) is 5.53. The second kappa shape index (κ2) is 6.99. The smallest absolute Gasteiger partial charge is 0.366 e.